The van der Waals surface area contributed by atoms with Crippen LogP contribution in [0.25, 0.3) is 0 Å². The SMILES string of the molecule is COc1ccc(C(C)NCC(C(C)C)N2CCCC2)cc1. The molecule has 0 amide bonds. The lowest BCUT2D eigenvalue weighted by Crippen LogP contribution is -2.44. The van der Waals surface area contributed by atoms with Crippen LogP contribution in [0, 0.1) is 5.92 Å². The Morgan fingerprint density at radius 1 is 1.10 bits per heavy atom. The maximum absolute atomic E-state index is 5.22. The van der Waals surface area contributed by atoms with Crippen molar-refractivity contribution in [1.29, 1.82) is 0 Å². The second-order valence-electron chi connectivity index (χ2n) is 6.46. The Labute approximate surface area is 129 Å². The molecular weight excluding hydrogens is 260 g/mol. The summed E-state index contributed by atoms with van der Waals surface area (Å²) in [4.78, 5) is 2.65. The van der Waals surface area contributed by atoms with Crippen LogP contribution in [-0.4, -0.2) is 37.7 Å². The lowest BCUT2D eigenvalue weighted by atomic mass is 10.0. The first-order valence-corrected chi connectivity index (χ1v) is 8.23. The van der Waals surface area contributed by atoms with E-state index in [1.54, 1.807) is 7.11 Å². The van der Waals surface area contributed by atoms with Gasteiger partial charge in [0.2, 0.25) is 0 Å². The van der Waals surface area contributed by atoms with Gasteiger partial charge in [-0.3, -0.25) is 4.90 Å². The van der Waals surface area contributed by atoms with Gasteiger partial charge in [-0.1, -0.05) is 26.0 Å². The van der Waals surface area contributed by atoms with Crippen LogP contribution in [0.3, 0.4) is 0 Å². The predicted molar refractivity (Wildman–Crippen MR) is 88.8 cm³/mol. The fraction of sp³-hybridized carbons (Fsp3) is 0.667. The highest BCUT2D eigenvalue weighted by atomic mass is 16.5. The molecule has 118 valence electrons. The highest BCUT2D eigenvalue weighted by Crippen LogP contribution is 2.20. The van der Waals surface area contributed by atoms with E-state index in [1.807, 2.05) is 12.1 Å². The highest BCUT2D eigenvalue weighted by molar-refractivity contribution is 5.28. The number of ether oxygens (including phenoxy) is 1. The van der Waals surface area contributed by atoms with E-state index in [2.05, 4.69) is 43.1 Å². The molecule has 2 rings (SSSR count). The molecule has 1 N–H and O–H groups in total. The number of likely N-dealkylation sites (tertiary alicyclic amines) is 1. The van der Waals surface area contributed by atoms with Crippen LogP contribution in [0.1, 0.15) is 45.2 Å². The zero-order valence-corrected chi connectivity index (χ0v) is 13.9. The van der Waals surface area contributed by atoms with E-state index < -0.39 is 0 Å². The first kappa shape index (κ1) is 16.3. The minimum absolute atomic E-state index is 0.375. The van der Waals surface area contributed by atoms with Gasteiger partial charge in [-0.05, 0) is 56.5 Å². The fourth-order valence-electron chi connectivity index (χ4n) is 3.17. The quantitative estimate of drug-likeness (QED) is 0.832. The van der Waals surface area contributed by atoms with Crippen LogP contribution in [0.4, 0.5) is 0 Å². The van der Waals surface area contributed by atoms with Gasteiger partial charge in [-0.2, -0.15) is 0 Å². The third kappa shape index (κ3) is 4.45. The van der Waals surface area contributed by atoms with Crippen molar-refractivity contribution >= 4 is 0 Å². The minimum atomic E-state index is 0.375. The molecule has 1 fully saturated rings. The van der Waals surface area contributed by atoms with Crippen LogP contribution < -0.4 is 10.1 Å². The molecule has 0 saturated carbocycles. The van der Waals surface area contributed by atoms with Crippen molar-refractivity contribution in [3.05, 3.63) is 29.8 Å². The largest absolute Gasteiger partial charge is 0.497 e. The number of hydrogen-bond acceptors (Lipinski definition) is 3. The summed E-state index contributed by atoms with van der Waals surface area (Å²) in [7, 11) is 1.71. The maximum atomic E-state index is 5.22. The first-order chi connectivity index (χ1) is 10.1. The van der Waals surface area contributed by atoms with Crippen LogP contribution in [0.2, 0.25) is 0 Å². The van der Waals surface area contributed by atoms with Gasteiger partial charge < -0.3 is 10.1 Å². The van der Waals surface area contributed by atoms with Gasteiger partial charge in [0.1, 0.15) is 5.75 Å². The van der Waals surface area contributed by atoms with Gasteiger partial charge >= 0.3 is 0 Å². The zero-order chi connectivity index (χ0) is 15.2. The molecule has 0 aromatic heterocycles. The van der Waals surface area contributed by atoms with Crippen LogP contribution in [0.5, 0.6) is 5.75 Å². The van der Waals surface area contributed by atoms with E-state index in [4.69, 9.17) is 4.74 Å². The van der Waals surface area contributed by atoms with E-state index in [1.165, 1.54) is 31.5 Å². The van der Waals surface area contributed by atoms with Crippen molar-refractivity contribution in [2.45, 2.75) is 45.7 Å². The molecule has 2 atom stereocenters. The molecule has 0 radical (unpaired) electrons. The summed E-state index contributed by atoms with van der Waals surface area (Å²) in [5.74, 6) is 1.61. The number of hydrogen-bond donors (Lipinski definition) is 1. The molecular formula is C18H30N2O. The molecule has 0 bridgehead atoms. The lowest BCUT2D eigenvalue weighted by molar-refractivity contribution is 0.183. The van der Waals surface area contributed by atoms with Gasteiger partial charge in [0.05, 0.1) is 7.11 Å². The maximum Gasteiger partial charge on any atom is 0.118 e. The topological polar surface area (TPSA) is 24.5 Å². The molecule has 0 aliphatic carbocycles. The van der Waals surface area contributed by atoms with Crippen LogP contribution in [-0.2, 0) is 0 Å². The molecule has 2 unspecified atom stereocenters. The molecule has 1 saturated heterocycles. The summed E-state index contributed by atoms with van der Waals surface area (Å²) in [5, 5.41) is 3.71. The highest BCUT2D eigenvalue weighted by Gasteiger charge is 2.24. The minimum Gasteiger partial charge on any atom is -0.497 e. The summed E-state index contributed by atoms with van der Waals surface area (Å²) < 4.78 is 5.22. The Bertz CT molecular complexity index is 410. The summed E-state index contributed by atoms with van der Waals surface area (Å²) in [6.07, 6.45) is 2.72. The molecule has 3 nitrogen and oxygen atoms in total. The summed E-state index contributed by atoms with van der Waals surface area (Å²) in [6, 6.07) is 9.39. The van der Waals surface area contributed by atoms with E-state index in [0.29, 0.717) is 18.0 Å². The van der Waals surface area contributed by atoms with Crippen LogP contribution >= 0.6 is 0 Å². The normalized spacial score (nSPS) is 18.9. The predicted octanol–water partition coefficient (Wildman–Crippen LogP) is 3.47. The van der Waals surface area contributed by atoms with E-state index in [9.17, 15) is 0 Å². The Morgan fingerprint density at radius 2 is 1.71 bits per heavy atom. The number of nitrogens with one attached hydrogen (secondary N) is 1. The average Bonchev–Trinajstić information content (AvgIpc) is 3.01. The van der Waals surface area contributed by atoms with Crippen molar-refractivity contribution in [2.75, 3.05) is 26.7 Å². The van der Waals surface area contributed by atoms with Crippen molar-refractivity contribution in [3.63, 3.8) is 0 Å². The number of benzene rings is 1. The van der Waals surface area contributed by atoms with Crippen LogP contribution in [0.15, 0.2) is 24.3 Å². The third-order valence-electron chi connectivity index (χ3n) is 4.63. The summed E-state index contributed by atoms with van der Waals surface area (Å²) in [6.45, 7) is 10.5. The number of rotatable bonds is 7. The number of methoxy groups -OCH3 is 1. The van der Waals surface area contributed by atoms with Gasteiger partial charge in [-0.25, -0.2) is 0 Å². The molecule has 1 aromatic rings. The van der Waals surface area contributed by atoms with Crippen molar-refractivity contribution in [1.82, 2.24) is 10.2 Å². The van der Waals surface area contributed by atoms with Crippen molar-refractivity contribution in [2.24, 2.45) is 5.92 Å². The molecule has 3 heteroatoms. The summed E-state index contributed by atoms with van der Waals surface area (Å²) in [5.41, 5.74) is 1.32. The van der Waals surface area contributed by atoms with E-state index in [0.717, 1.165) is 12.3 Å². The molecule has 1 aromatic carbocycles. The second kappa shape index (κ2) is 7.81. The van der Waals surface area contributed by atoms with Gasteiger partial charge in [0.15, 0.2) is 0 Å². The summed E-state index contributed by atoms with van der Waals surface area (Å²) >= 11 is 0. The Morgan fingerprint density at radius 3 is 2.24 bits per heavy atom. The van der Waals surface area contributed by atoms with E-state index >= 15 is 0 Å². The Kier molecular flexibility index (Phi) is 6.07. The Hall–Kier alpha value is -1.06. The van der Waals surface area contributed by atoms with Crippen molar-refractivity contribution < 1.29 is 4.74 Å². The second-order valence-corrected chi connectivity index (χ2v) is 6.46. The molecule has 1 aliphatic heterocycles. The first-order valence-electron chi connectivity index (χ1n) is 8.23. The monoisotopic (exact) mass is 290 g/mol. The average molecular weight is 290 g/mol. The van der Waals surface area contributed by atoms with Crippen molar-refractivity contribution in [3.8, 4) is 5.75 Å². The smallest absolute Gasteiger partial charge is 0.118 e. The fourth-order valence-corrected chi connectivity index (χ4v) is 3.17. The standard InChI is InChI=1S/C18H30N2O/c1-14(2)18(20-11-5-6-12-20)13-19-15(3)16-7-9-17(21-4)10-8-16/h7-10,14-15,18-19H,5-6,11-13H2,1-4H3. The zero-order valence-electron chi connectivity index (χ0n) is 13.9. The third-order valence-corrected chi connectivity index (χ3v) is 4.63. The molecule has 0 spiro atoms. The van der Waals surface area contributed by atoms with Gasteiger partial charge in [0.25, 0.3) is 0 Å². The Balaban J connectivity index is 1.89. The lowest BCUT2D eigenvalue weighted by Gasteiger charge is -2.32. The molecule has 21 heavy (non-hydrogen) atoms. The van der Waals surface area contributed by atoms with Gasteiger partial charge in [-0.15, -0.1) is 0 Å². The molecule has 1 aliphatic rings. The number of nitrogens with zero attached hydrogens (tertiary/aromatic N) is 1. The molecule has 1 heterocycles. The van der Waals surface area contributed by atoms with Gasteiger partial charge in [0, 0.05) is 18.6 Å². The van der Waals surface area contributed by atoms with E-state index in [-0.39, 0.29) is 0 Å².